The second kappa shape index (κ2) is 4.01. The van der Waals surface area contributed by atoms with Gasteiger partial charge in [0.1, 0.15) is 0 Å². The second-order valence-corrected chi connectivity index (χ2v) is 3.28. The molecule has 0 aliphatic heterocycles. The minimum Gasteiger partial charge on any atom is -0.358 e. The Morgan fingerprint density at radius 3 is 2.69 bits per heavy atom. The van der Waals surface area contributed by atoms with Crippen molar-refractivity contribution in [1.82, 2.24) is 9.55 Å². The van der Waals surface area contributed by atoms with Gasteiger partial charge < -0.3 is 15.4 Å². The predicted molar refractivity (Wildman–Crippen MR) is 59.6 cm³/mol. The number of hydrogen-bond donors (Lipinski definition) is 1. The molecule has 0 fully saturated rings. The summed E-state index contributed by atoms with van der Waals surface area (Å²) in [6, 6.07) is 9.24. The number of para-hydroxylation sites is 1. The molecule has 6 heteroatoms. The minimum atomic E-state index is -0.509. The molecule has 2 aromatic rings. The van der Waals surface area contributed by atoms with Crippen molar-refractivity contribution in [3.8, 4) is 0 Å². The van der Waals surface area contributed by atoms with E-state index in [1.807, 2.05) is 30.3 Å². The molecular formula is C10H10N4O2. The van der Waals surface area contributed by atoms with Gasteiger partial charge in [0.25, 0.3) is 0 Å². The third kappa shape index (κ3) is 1.85. The number of rotatable bonds is 3. The quantitative estimate of drug-likeness (QED) is 0.632. The van der Waals surface area contributed by atoms with Crippen LogP contribution in [0.15, 0.2) is 36.7 Å². The Bertz CT molecular complexity index is 507. The van der Waals surface area contributed by atoms with Gasteiger partial charge in [-0.1, -0.05) is 18.2 Å². The van der Waals surface area contributed by atoms with E-state index in [-0.39, 0.29) is 5.82 Å². The van der Waals surface area contributed by atoms with Crippen LogP contribution in [0, 0.1) is 10.1 Å². The maximum absolute atomic E-state index is 10.7. The molecule has 0 spiro atoms. The SMILES string of the molecule is Cn1cnc([N+](=O)[O-])c1Nc1ccccc1. The molecule has 82 valence electrons. The number of nitrogens with one attached hydrogen (secondary N) is 1. The van der Waals surface area contributed by atoms with Crippen LogP contribution in [0.1, 0.15) is 0 Å². The van der Waals surface area contributed by atoms with E-state index >= 15 is 0 Å². The lowest BCUT2D eigenvalue weighted by Gasteiger charge is -2.05. The van der Waals surface area contributed by atoms with Gasteiger partial charge in [-0.2, -0.15) is 0 Å². The van der Waals surface area contributed by atoms with E-state index in [2.05, 4.69) is 10.3 Å². The second-order valence-electron chi connectivity index (χ2n) is 3.28. The van der Waals surface area contributed by atoms with Crippen molar-refractivity contribution in [2.45, 2.75) is 0 Å². The summed E-state index contributed by atoms with van der Waals surface area (Å²) in [4.78, 5) is 13.9. The molecule has 0 saturated carbocycles. The number of anilines is 2. The zero-order valence-electron chi connectivity index (χ0n) is 8.62. The monoisotopic (exact) mass is 218 g/mol. The van der Waals surface area contributed by atoms with Crippen LogP contribution >= 0.6 is 0 Å². The van der Waals surface area contributed by atoms with Crippen LogP contribution < -0.4 is 5.32 Å². The fraction of sp³-hybridized carbons (Fsp3) is 0.100. The normalized spacial score (nSPS) is 10.1. The molecule has 0 saturated heterocycles. The summed E-state index contributed by atoms with van der Waals surface area (Å²) in [7, 11) is 1.70. The summed E-state index contributed by atoms with van der Waals surface area (Å²) >= 11 is 0. The summed E-state index contributed by atoms with van der Waals surface area (Å²) in [5, 5.41) is 13.7. The number of aryl methyl sites for hydroxylation is 1. The van der Waals surface area contributed by atoms with Crippen molar-refractivity contribution < 1.29 is 4.92 Å². The molecule has 0 aliphatic carbocycles. The molecule has 0 radical (unpaired) electrons. The highest BCUT2D eigenvalue weighted by Crippen LogP contribution is 2.24. The lowest BCUT2D eigenvalue weighted by atomic mass is 10.3. The van der Waals surface area contributed by atoms with Gasteiger partial charge in [0, 0.05) is 12.7 Å². The van der Waals surface area contributed by atoms with Crippen molar-refractivity contribution in [3.05, 3.63) is 46.8 Å². The summed E-state index contributed by atoms with van der Waals surface area (Å²) in [5.74, 6) is 0.197. The van der Waals surface area contributed by atoms with Gasteiger partial charge in [-0.05, 0) is 22.0 Å². The Kier molecular flexibility index (Phi) is 2.55. The highest BCUT2D eigenvalue weighted by atomic mass is 16.6. The predicted octanol–water partition coefficient (Wildman–Crippen LogP) is 2.07. The molecule has 1 N–H and O–H groups in total. The highest BCUT2D eigenvalue weighted by Gasteiger charge is 2.19. The van der Waals surface area contributed by atoms with Gasteiger partial charge in [-0.25, -0.2) is 0 Å². The minimum absolute atomic E-state index is 0.175. The van der Waals surface area contributed by atoms with Crippen LogP contribution in [-0.2, 0) is 7.05 Å². The van der Waals surface area contributed by atoms with Crippen molar-refractivity contribution in [2.24, 2.45) is 7.05 Å². The van der Waals surface area contributed by atoms with Gasteiger partial charge in [-0.3, -0.25) is 4.57 Å². The van der Waals surface area contributed by atoms with E-state index in [1.165, 1.54) is 6.33 Å². The molecule has 1 aromatic heterocycles. The zero-order valence-corrected chi connectivity index (χ0v) is 8.62. The molecule has 2 rings (SSSR count). The van der Waals surface area contributed by atoms with Gasteiger partial charge in [0.05, 0.1) is 0 Å². The number of benzene rings is 1. The number of nitro groups is 1. The molecule has 1 aromatic carbocycles. The fourth-order valence-electron chi connectivity index (χ4n) is 1.35. The van der Waals surface area contributed by atoms with E-state index in [9.17, 15) is 10.1 Å². The molecule has 0 amide bonds. The third-order valence-corrected chi connectivity index (χ3v) is 2.13. The standard InChI is InChI=1S/C10H10N4O2/c1-13-7-11-9(14(15)16)10(13)12-8-5-3-2-4-6-8/h2-7,12H,1H3. The van der Waals surface area contributed by atoms with Crippen LogP contribution in [0.2, 0.25) is 0 Å². The number of nitrogens with zero attached hydrogens (tertiary/aromatic N) is 3. The highest BCUT2D eigenvalue weighted by molar-refractivity contribution is 5.63. The van der Waals surface area contributed by atoms with Gasteiger partial charge in [0.15, 0.2) is 0 Å². The van der Waals surface area contributed by atoms with E-state index < -0.39 is 4.92 Å². The van der Waals surface area contributed by atoms with Crippen LogP contribution in [0.3, 0.4) is 0 Å². The average molecular weight is 218 g/mol. The molecule has 0 aliphatic rings. The molecule has 16 heavy (non-hydrogen) atoms. The maximum atomic E-state index is 10.7. The largest absolute Gasteiger partial charge is 0.406 e. The lowest BCUT2D eigenvalue weighted by Crippen LogP contribution is -2.00. The molecular weight excluding hydrogens is 208 g/mol. The first kappa shape index (κ1) is 10.2. The van der Waals surface area contributed by atoms with Crippen molar-refractivity contribution in [3.63, 3.8) is 0 Å². The molecule has 0 bridgehead atoms. The first-order chi connectivity index (χ1) is 7.68. The van der Waals surface area contributed by atoms with E-state index in [4.69, 9.17) is 0 Å². The average Bonchev–Trinajstić information content (AvgIpc) is 2.62. The topological polar surface area (TPSA) is 73.0 Å². The summed E-state index contributed by atoms with van der Waals surface area (Å²) < 4.78 is 1.57. The van der Waals surface area contributed by atoms with E-state index in [1.54, 1.807) is 11.6 Å². The first-order valence-electron chi connectivity index (χ1n) is 4.66. The fourth-order valence-corrected chi connectivity index (χ4v) is 1.35. The number of imidazole rings is 1. The number of aromatic nitrogens is 2. The van der Waals surface area contributed by atoms with E-state index in [0.717, 1.165) is 5.69 Å². The Morgan fingerprint density at radius 1 is 1.38 bits per heavy atom. The maximum Gasteiger partial charge on any atom is 0.406 e. The lowest BCUT2D eigenvalue weighted by molar-refractivity contribution is -0.388. The molecule has 6 nitrogen and oxygen atoms in total. The van der Waals surface area contributed by atoms with Gasteiger partial charge >= 0.3 is 5.82 Å². The van der Waals surface area contributed by atoms with Gasteiger partial charge in [-0.15, -0.1) is 0 Å². The Balaban J connectivity index is 2.34. The van der Waals surface area contributed by atoms with Crippen LogP contribution in [0.25, 0.3) is 0 Å². The van der Waals surface area contributed by atoms with E-state index in [0.29, 0.717) is 5.82 Å². The number of hydrogen-bond acceptors (Lipinski definition) is 4. The Hall–Kier alpha value is -2.37. The molecule has 0 unspecified atom stereocenters. The van der Waals surface area contributed by atoms with Crippen molar-refractivity contribution >= 4 is 17.3 Å². The molecule has 1 heterocycles. The summed E-state index contributed by atoms with van der Waals surface area (Å²) in [5.41, 5.74) is 0.786. The first-order valence-corrected chi connectivity index (χ1v) is 4.66. The third-order valence-electron chi connectivity index (χ3n) is 2.13. The summed E-state index contributed by atoms with van der Waals surface area (Å²) in [6.45, 7) is 0. The van der Waals surface area contributed by atoms with Crippen molar-refractivity contribution in [2.75, 3.05) is 5.32 Å². The van der Waals surface area contributed by atoms with Crippen LogP contribution in [-0.4, -0.2) is 14.5 Å². The van der Waals surface area contributed by atoms with Crippen LogP contribution in [0.4, 0.5) is 17.3 Å². The zero-order chi connectivity index (χ0) is 11.5. The smallest absolute Gasteiger partial charge is 0.358 e. The van der Waals surface area contributed by atoms with Crippen molar-refractivity contribution in [1.29, 1.82) is 0 Å². The Morgan fingerprint density at radius 2 is 2.06 bits per heavy atom. The molecule has 0 atom stereocenters. The Labute approximate surface area is 91.7 Å². The van der Waals surface area contributed by atoms with Gasteiger partial charge in [0.2, 0.25) is 12.1 Å². The summed E-state index contributed by atoms with van der Waals surface area (Å²) in [6.07, 6.45) is 1.41. The van der Waals surface area contributed by atoms with Crippen LogP contribution in [0.5, 0.6) is 0 Å².